The van der Waals surface area contributed by atoms with Crippen LogP contribution in [0.5, 0.6) is 0 Å². The van der Waals surface area contributed by atoms with Gasteiger partial charge in [0, 0.05) is 21.3 Å². The van der Waals surface area contributed by atoms with Gasteiger partial charge in [-0.05, 0) is 6.42 Å². The third-order valence-corrected chi connectivity index (χ3v) is 2.23. The number of rotatable bonds is 7. The summed E-state index contributed by atoms with van der Waals surface area (Å²) in [6.45, 7) is 1.54. The van der Waals surface area contributed by atoms with E-state index in [1.165, 1.54) is 21.1 Å². The van der Waals surface area contributed by atoms with E-state index in [2.05, 4.69) is 0 Å². The monoisotopic (exact) mass is 220 g/mol. The average molecular weight is 220 g/mol. The molecule has 0 spiro atoms. The lowest BCUT2D eigenvalue weighted by Crippen LogP contribution is -2.53. The minimum absolute atomic E-state index is 0.000880. The van der Waals surface area contributed by atoms with Crippen molar-refractivity contribution in [2.75, 3.05) is 21.3 Å². The summed E-state index contributed by atoms with van der Waals surface area (Å²) in [5.74, 6) is -2.11. The molecule has 0 aromatic rings. The number of ether oxygens (including phenoxy) is 3. The number of carbonyl (C=O) groups excluding carboxylic acids is 1. The minimum Gasteiger partial charge on any atom is -0.479 e. The highest BCUT2D eigenvalue weighted by Gasteiger charge is 2.48. The van der Waals surface area contributed by atoms with Gasteiger partial charge in [-0.1, -0.05) is 6.92 Å². The van der Waals surface area contributed by atoms with Crippen LogP contribution >= 0.6 is 0 Å². The normalized spacial score (nSPS) is 15.0. The molecule has 0 rings (SSSR count). The number of carboxylic acids is 1. The third kappa shape index (κ3) is 2.53. The van der Waals surface area contributed by atoms with Crippen LogP contribution in [0.2, 0.25) is 0 Å². The molecule has 88 valence electrons. The van der Waals surface area contributed by atoms with E-state index in [9.17, 15) is 9.59 Å². The van der Waals surface area contributed by atoms with Crippen molar-refractivity contribution in [1.29, 1.82) is 0 Å². The maximum Gasteiger partial charge on any atom is 0.344 e. The SMILES string of the molecule is CCC(OC)(C(=O)O)C(=O)C(OC)OC. The van der Waals surface area contributed by atoms with Crippen LogP contribution in [0.4, 0.5) is 0 Å². The second-order valence-electron chi connectivity index (χ2n) is 2.86. The van der Waals surface area contributed by atoms with Gasteiger partial charge in [0.25, 0.3) is 0 Å². The van der Waals surface area contributed by atoms with Crippen molar-refractivity contribution < 1.29 is 28.9 Å². The van der Waals surface area contributed by atoms with Gasteiger partial charge in [-0.2, -0.15) is 0 Å². The Kier molecular flexibility index (Phi) is 5.41. The van der Waals surface area contributed by atoms with Crippen LogP contribution in [0, 0.1) is 0 Å². The first-order valence-corrected chi connectivity index (χ1v) is 4.38. The van der Waals surface area contributed by atoms with E-state index in [1.807, 2.05) is 0 Å². The first kappa shape index (κ1) is 14.0. The fourth-order valence-electron chi connectivity index (χ4n) is 1.26. The van der Waals surface area contributed by atoms with Crippen molar-refractivity contribution in [3.8, 4) is 0 Å². The molecule has 15 heavy (non-hydrogen) atoms. The maximum absolute atomic E-state index is 11.8. The van der Waals surface area contributed by atoms with Gasteiger partial charge < -0.3 is 19.3 Å². The van der Waals surface area contributed by atoms with Crippen molar-refractivity contribution in [2.24, 2.45) is 0 Å². The molecule has 0 aliphatic heterocycles. The number of carboxylic acid groups (broad SMARTS) is 1. The van der Waals surface area contributed by atoms with E-state index in [4.69, 9.17) is 19.3 Å². The van der Waals surface area contributed by atoms with Crippen LogP contribution in [0.3, 0.4) is 0 Å². The summed E-state index contributed by atoms with van der Waals surface area (Å²) in [6, 6.07) is 0. The van der Waals surface area contributed by atoms with E-state index in [0.29, 0.717) is 0 Å². The van der Waals surface area contributed by atoms with E-state index >= 15 is 0 Å². The number of hydrogen-bond acceptors (Lipinski definition) is 5. The molecule has 0 aromatic carbocycles. The van der Waals surface area contributed by atoms with Crippen LogP contribution < -0.4 is 0 Å². The fraction of sp³-hybridized carbons (Fsp3) is 0.778. The van der Waals surface area contributed by atoms with Gasteiger partial charge in [0.2, 0.25) is 17.7 Å². The number of hydrogen-bond donors (Lipinski definition) is 1. The average Bonchev–Trinajstić information content (AvgIpc) is 2.22. The summed E-state index contributed by atoms with van der Waals surface area (Å²) in [6.07, 6.45) is -1.23. The maximum atomic E-state index is 11.8. The zero-order valence-electron chi connectivity index (χ0n) is 9.27. The summed E-state index contributed by atoms with van der Waals surface area (Å²) < 4.78 is 14.2. The first-order valence-electron chi connectivity index (χ1n) is 4.38. The van der Waals surface area contributed by atoms with Gasteiger partial charge >= 0.3 is 5.97 Å². The van der Waals surface area contributed by atoms with Gasteiger partial charge in [0.15, 0.2) is 0 Å². The van der Waals surface area contributed by atoms with Crippen molar-refractivity contribution in [3.05, 3.63) is 0 Å². The predicted octanol–water partition coefficient (Wildman–Crippen LogP) is 0.0542. The lowest BCUT2D eigenvalue weighted by atomic mass is 9.94. The summed E-state index contributed by atoms with van der Waals surface area (Å²) in [4.78, 5) is 22.8. The molecule has 0 aliphatic carbocycles. The Morgan fingerprint density at radius 1 is 1.27 bits per heavy atom. The van der Waals surface area contributed by atoms with Crippen LogP contribution in [0.25, 0.3) is 0 Å². The lowest BCUT2D eigenvalue weighted by Gasteiger charge is -2.27. The molecule has 1 N–H and O–H groups in total. The molecule has 0 saturated carbocycles. The number of methoxy groups -OCH3 is 3. The van der Waals surface area contributed by atoms with Crippen molar-refractivity contribution in [3.63, 3.8) is 0 Å². The summed E-state index contributed by atoms with van der Waals surface area (Å²) in [5, 5.41) is 8.98. The molecule has 0 amide bonds. The molecule has 0 aromatic heterocycles. The highest BCUT2D eigenvalue weighted by Crippen LogP contribution is 2.20. The van der Waals surface area contributed by atoms with Crippen molar-refractivity contribution in [1.82, 2.24) is 0 Å². The Labute approximate surface area is 88.1 Å². The summed E-state index contributed by atoms with van der Waals surface area (Å²) in [7, 11) is 3.67. The first-order chi connectivity index (χ1) is 6.99. The van der Waals surface area contributed by atoms with Crippen molar-refractivity contribution in [2.45, 2.75) is 25.2 Å². The summed E-state index contributed by atoms with van der Waals surface area (Å²) >= 11 is 0. The number of carbonyl (C=O) groups is 2. The quantitative estimate of drug-likeness (QED) is 0.482. The third-order valence-electron chi connectivity index (χ3n) is 2.23. The van der Waals surface area contributed by atoms with Crippen LogP contribution in [-0.2, 0) is 23.8 Å². The molecule has 1 atom stereocenters. The molecule has 0 heterocycles. The highest BCUT2D eigenvalue weighted by atomic mass is 16.7. The largest absolute Gasteiger partial charge is 0.479 e. The van der Waals surface area contributed by atoms with Gasteiger partial charge in [0.1, 0.15) is 0 Å². The molecule has 0 saturated heterocycles. The van der Waals surface area contributed by atoms with Crippen molar-refractivity contribution >= 4 is 11.8 Å². The zero-order valence-corrected chi connectivity index (χ0v) is 9.27. The second kappa shape index (κ2) is 5.79. The molecule has 0 bridgehead atoms. The number of ketones is 1. The second-order valence-corrected chi connectivity index (χ2v) is 2.86. The highest BCUT2D eigenvalue weighted by molar-refractivity contribution is 6.08. The van der Waals surface area contributed by atoms with Crippen LogP contribution in [-0.4, -0.2) is 50.1 Å². The molecule has 6 heteroatoms. The Morgan fingerprint density at radius 3 is 1.93 bits per heavy atom. The molecule has 0 fully saturated rings. The molecule has 0 radical (unpaired) electrons. The standard InChI is InChI=1S/C9H16O6/c1-5-9(15-4,8(11)12)6(10)7(13-2)14-3/h7H,5H2,1-4H3,(H,11,12). The minimum atomic E-state index is -1.91. The van der Waals surface area contributed by atoms with Gasteiger partial charge in [-0.25, -0.2) is 4.79 Å². The summed E-state index contributed by atoms with van der Waals surface area (Å²) in [5.41, 5.74) is -1.91. The zero-order chi connectivity index (χ0) is 12.1. The number of aliphatic carboxylic acids is 1. The van der Waals surface area contributed by atoms with E-state index < -0.39 is 23.6 Å². The van der Waals surface area contributed by atoms with Crippen LogP contribution in [0.1, 0.15) is 13.3 Å². The molecular formula is C9H16O6. The molecule has 0 aliphatic rings. The molecule has 1 unspecified atom stereocenters. The Morgan fingerprint density at radius 2 is 1.73 bits per heavy atom. The lowest BCUT2D eigenvalue weighted by molar-refractivity contribution is -0.189. The smallest absolute Gasteiger partial charge is 0.344 e. The van der Waals surface area contributed by atoms with Gasteiger partial charge in [-0.3, -0.25) is 4.79 Å². The fourth-order valence-corrected chi connectivity index (χ4v) is 1.26. The van der Waals surface area contributed by atoms with E-state index in [1.54, 1.807) is 0 Å². The molecular weight excluding hydrogens is 204 g/mol. The van der Waals surface area contributed by atoms with Gasteiger partial charge in [-0.15, -0.1) is 0 Å². The predicted molar refractivity (Wildman–Crippen MR) is 50.5 cm³/mol. The van der Waals surface area contributed by atoms with E-state index in [-0.39, 0.29) is 6.42 Å². The van der Waals surface area contributed by atoms with Gasteiger partial charge in [0.05, 0.1) is 0 Å². The Balaban J connectivity index is 5.08. The molecule has 6 nitrogen and oxygen atoms in total. The number of Topliss-reactive ketones (excluding diaryl/α,β-unsaturated/α-hetero) is 1. The van der Waals surface area contributed by atoms with Crippen LogP contribution in [0.15, 0.2) is 0 Å². The van der Waals surface area contributed by atoms with E-state index in [0.717, 1.165) is 7.11 Å². The Bertz CT molecular complexity index is 229. The topological polar surface area (TPSA) is 82.1 Å². The Hall–Kier alpha value is -0.980.